The summed E-state index contributed by atoms with van der Waals surface area (Å²) in [4.78, 5) is 10.1. The third-order valence-corrected chi connectivity index (χ3v) is 3.27. The van der Waals surface area contributed by atoms with Crippen LogP contribution in [-0.4, -0.2) is 29.5 Å². The molecule has 1 aromatic rings. The van der Waals surface area contributed by atoms with Gasteiger partial charge in [0.2, 0.25) is 0 Å². The smallest absolute Gasteiger partial charge is 0.269 e. The second-order valence-electron chi connectivity index (χ2n) is 3.62. The summed E-state index contributed by atoms with van der Waals surface area (Å²) in [5, 5.41) is 13.8. The Morgan fingerprint density at radius 3 is 2.59 bits per heavy atom. The summed E-state index contributed by atoms with van der Waals surface area (Å²) >= 11 is 1.92. The van der Waals surface area contributed by atoms with Gasteiger partial charge in [0.25, 0.3) is 5.69 Å². The fourth-order valence-electron chi connectivity index (χ4n) is 1.43. The van der Waals surface area contributed by atoms with Crippen molar-refractivity contribution in [2.24, 2.45) is 0 Å². The average molecular weight is 254 g/mol. The summed E-state index contributed by atoms with van der Waals surface area (Å²) in [6.07, 6.45) is 0.911. The van der Waals surface area contributed by atoms with Crippen LogP contribution in [0.1, 0.15) is 12.5 Å². The molecule has 0 aromatic heterocycles. The molecule has 0 atom stereocenters. The molecule has 0 amide bonds. The number of nitro benzene ring substituents is 1. The summed E-state index contributed by atoms with van der Waals surface area (Å²) in [5.41, 5.74) is 1.28. The van der Waals surface area contributed by atoms with E-state index in [1.54, 1.807) is 12.1 Å². The summed E-state index contributed by atoms with van der Waals surface area (Å²) in [6, 6.07) is 6.76. The van der Waals surface area contributed by atoms with Gasteiger partial charge in [0.05, 0.1) is 4.92 Å². The highest BCUT2D eigenvalue weighted by molar-refractivity contribution is 7.99. The molecule has 0 spiro atoms. The monoisotopic (exact) mass is 254 g/mol. The molecule has 0 bridgehead atoms. The highest BCUT2D eigenvalue weighted by Crippen LogP contribution is 2.11. The molecular weight excluding hydrogens is 236 g/mol. The first-order valence-electron chi connectivity index (χ1n) is 5.76. The quantitative estimate of drug-likeness (QED) is 0.440. The minimum atomic E-state index is -0.371. The predicted molar refractivity (Wildman–Crippen MR) is 72.7 cm³/mol. The summed E-state index contributed by atoms with van der Waals surface area (Å²) in [6.45, 7) is 4.09. The van der Waals surface area contributed by atoms with Crippen molar-refractivity contribution in [1.82, 2.24) is 5.32 Å². The molecular formula is C12H18N2O2S. The summed E-state index contributed by atoms with van der Waals surface area (Å²) in [7, 11) is 0. The molecule has 94 valence electrons. The number of nitrogens with one attached hydrogen (secondary N) is 1. The second-order valence-corrected chi connectivity index (χ2v) is 5.01. The van der Waals surface area contributed by atoms with E-state index in [0.717, 1.165) is 36.6 Å². The van der Waals surface area contributed by atoms with Crippen LogP contribution < -0.4 is 5.32 Å². The minimum absolute atomic E-state index is 0.154. The number of non-ortho nitro benzene ring substituents is 1. The average Bonchev–Trinajstić information content (AvgIpc) is 2.34. The predicted octanol–water partition coefficient (Wildman–Crippen LogP) is 2.48. The molecule has 17 heavy (non-hydrogen) atoms. The van der Waals surface area contributed by atoms with Gasteiger partial charge in [-0.1, -0.05) is 19.1 Å². The molecule has 0 saturated carbocycles. The maximum atomic E-state index is 10.5. The van der Waals surface area contributed by atoms with Gasteiger partial charge < -0.3 is 5.32 Å². The Balaban J connectivity index is 2.21. The highest BCUT2D eigenvalue weighted by atomic mass is 32.2. The lowest BCUT2D eigenvalue weighted by Gasteiger charge is -2.04. The van der Waals surface area contributed by atoms with E-state index in [9.17, 15) is 10.1 Å². The fourth-order valence-corrected chi connectivity index (χ4v) is 2.01. The first-order chi connectivity index (χ1) is 8.24. The largest absolute Gasteiger partial charge is 0.316 e. The molecule has 0 aliphatic carbocycles. The van der Waals surface area contributed by atoms with Crippen LogP contribution in [0.2, 0.25) is 0 Å². The zero-order chi connectivity index (χ0) is 12.5. The van der Waals surface area contributed by atoms with Crippen LogP contribution >= 0.6 is 11.8 Å². The zero-order valence-electron chi connectivity index (χ0n) is 10.0. The SMILES string of the molecule is CCSCCNCCc1ccc([N+](=O)[O-])cc1. The van der Waals surface area contributed by atoms with Gasteiger partial charge in [0, 0.05) is 24.4 Å². The van der Waals surface area contributed by atoms with Gasteiger partial charge in [0.1, 0.15) is 0 Å². The standard InChI is InChI=1S/C12H18N2O2S/c1-2-17-10-9-13-8-7-11-3-5-12(6-4-11)14(15)16/h3-6,13H,2,7-10H2,1H3. The molecule has 5 heteroatoms. The van der Waals surface area contributed by atoms with Crippen molar-refractivity contribution >= 4 is 17.4 Å². The van der Waals surface area contributed by atoms with E-state index >= 15 is 0 Å². The zero-order valence-corrected chi connectivity index (χ0v) is 10.8. The van der Waals surface area contributed by atoms with Crippen molar-refractivity contribution in [1.29, 1.82) is 0 Å². The Hall–Kier alpha value is -1.07. The molecule has 0 aliphatic heterocycles. The van der Waals surface area contributed by atoms with Gasteiger partial charge in [-0.3, -0.25) is 10.1 Å². The highest BCUT2D eigenvalue weighted by Gasteiger charge is 2.03. The molecule has 1 rings (SSSR count). The lowest BCUT2D eigenvalue weighted by Crippen LogP contribution is -2.20. The lowest BCUT2D eigenvalue weighted by atomic mass is 10.1. The fraction of sp³-hybridized carbons (Fsp3) is 0.500. The molecule has 0 saturated heterocycles. The topological polar surface area (TPSA) is 55.2 Å². The van der Waals surface area contributed by atoms with Crippen LogP contribution in [-0.2, 0) is 6.42 Å². The normalized spacial score (nSPS) is 10.4. The molecule has 0 aliphatic rings. The van der Waals surface area contributed by atoms with Crippen LogP contribution in [0, 0.1) is 10.1 Å². The van der Waals surface area contributed by atoms with Crippen molar-refractivity contribution in [2.45, 2.75) is 13.3 Å². The van der Waals surface area contributed by atoms with E-state index in [1.807, 2.05) is 23.9 Å². The van der Waals surface area contributed by atoms with Crippen molar-refractivity contribution in [2.75, 3.05) is 24.6 Å². The number of hydrogen-bond donors (Lipinski definition) is 1. The third-order valence-electron chi connectivity index (χ3n) is 2.36. The Labute approximate surface area is 106 Å². The van der Waals surface area contributed by atoms with Crippen molar-refractivity contribution in [3.63, 3.8) is 0 Å². The van der Waals surface area contributed by atoms with Crippen LogP contribution in [0.25, 0.3) is 0 Å². The molecule has 0 radical (unpaired) electrons. The van der Waals surface area contributed by atoms with Crippen molar-refractivity contribution in [3.8, 4) is 0 Å². The van der Waals surface area contributed by atoms with Gasteiger partial charge in [-0.05, 0) is 24.3 Å². The second kappa shape index (κ2) is 8.08. The number of rotatable bonds is 8. The summed E-state index contributed by atoms with van der Waals surface area (Å²) in [5.74, 6) is 2.29. The number of nitro groups is 1. The van der Waals surface area contributed by atoms with E-state index in [4.69, 9.17) is 0 Å². The summed E-state index contributed by atoms with van der Waals surface area (Å²) < 4.78 is 0. The molecule has 1 aromatic carbocycles. The van der Waals surface area contributed by atoms with Crippen LogP contribution in [0.5, 0.6) is 0 Å². The maximum Gasteiger partial charge on any atom is 0.269 e. The Morgan fingerprint density at radius 2 is 2.00 bits per heavy atom. The lowest BCUT2D eigenvalue weighted by molar-refractivity contribution is -0.384. The van der Waals surface area contributed by atoms with E-state index < -0.39 is 0 Å². The Morgan fingerprint density at radius 1 is 1.29 bits per heavy atom. The molecule has 4 nitrogen and oxygen atoms in total. The first kappa shape index (κ1) is 14.0. The van der Waals surface area contributed by atoms with E-state index in [1.165, 1.54) is 0 Å². The van der Waals surface area contributed by atoms with Gasteiger partial charge in [-0.25, -0.2) is 0 Å². The van der Waals surface area contributed by atoms with E-state index in [0.29, 0.717) is 0 Å². The Kier molecular flexibility index (Phi) is 6.65. The van der Waals surface area contributed by atoms with Crippen LogP contribution in [0.4, 0.5) is 5.69 Å². The van der Waals surface area contributed by atoms with Crippen LogP contribution in [0.15, 0.2) is 24.3 Å². The minimum Gasteiger partial charge on any atom is -0.316 e. The van der Waals surface area contributed by atoms with E-state index in [-0.39, 0.29) is 10.6 Å². The number of thioether (sulfide) groups is 1. The van der Waals surface area contributed by atoms with Crippen LogP contribution in [0.3, 0.4) is 0 Å². The number of nitrogens with zero attached hydrogens (tertiary/aromatic N) is 1. The van der Waals surface area contributed by atoms with Crippen molar-refractivity contribution < 1.29 is 4.92 Å². The maximum absolute atomic E-state index is 10.5. The van der Waals surface area contributed by atoms with Gasteiger partial charge >= 0.3 is 0 Å². The van der Waals surface area contributed by atoms with E-state index in [2.05, 4.69) is 12.2 Å². The molecule has 0 unspecified atom stereocenters. The molecule has 1 N–H and O–H groups in total. The molecule has 0 fully saturated rings. The number of benzene rings is 1. The Bertz CT molecular complexity index is 341. The number of hydrogen-bond acceptors (Lipinski definition) is 4. The van der Waals surface area contributed by atoms with Crippen molar-refractivity contribution in [3.05, 3.63) is 39.9 Å². The van der Waals surface area contributed by atoms with Gasteiger partial charge in [0.15, 0.2) is 0 Å². The third kappa shape index (κ3) is 5.70. The molecule has 0 heterocycles. The van der Waals surface area contributed by atoms with Gasteiger partial charge in [-0.15, -0.1) is 0 Å². The first-order valence-corrected chi connectivity index (χ1v) is 6.91. The van der Waals surface area contributed by atoms with Gasteiger partial charge in [-0.2, -0.15) is 11.8 Å².